The maximum atomic E-state index is 12.6. The van der Waals surface area contributed by atoms with E-state index in [4.69, 9.17) is 9.47 Å². The van der Waals surface area contributed by atoms with Crippen molar-refractivity contribution in [2.75, 3.05) is 6.54 Å². The molecule has 0 N–H and O–H groups in total. The molecule has 7 heteroatoms. The number of amides is 2. The molecule has 1 aromatic carbocycles. The Balaban J connectivity index is 1.55. The minimum Gasteiger partial charge on any atom is -0.459 e. The van der Waals surface area contributed by atoms with Crippen molar-refractivity contribution in [2.24, 2.45) is 5.92 Å². The Morgan fingerprint density at radius 2 is 1.03 bits per heavy atom. The molecule has 212 valence electrons. The molecule has 0 aromatic heterocycles. The lowest BCUT2D eigenvalue weighted by molar-refractivity contribution is -0.174. The summed E-state index contributed by atoms with van der Waals surface area (Å²) in [5.74, 6) is -2.23. The molecule has 0 aliphatic carbocycles. The van der Waals surface area contributed by atoms with Gasteiger partial charge in [0.25, 0.3) is 11.8 Å². The molecule has 7 nitrogen and oxygen atoms in total. The molecular formula is C31H47NO6. The first-order valence-electron chi connectivity index (χ1n) is 14.2. The van der Waals surface area contributed by atoms with E-state index < -0.39 is 29.1 Å². The van der Waals surface area contributed by atoms with Crippen LogP contribution in [0.25, 0.3) is 0 Å². The molecule has 38 heavy (non-hydrogen) atoms. The molecule has 1 aliphatic heterocycles. The monoisotopic (exact) mass is 529 g/mol. The van der Waals surface area contributed by atoms with E-state index in [1.165, 1.54) is 4.90 Å². The summed E-state index contributed by atoms with van der Waals surface area (Å²) >= 11 is 0. The van der Waals surface area contributed by atoms with E-state index >= 15 is 0 Å². The number of nitrogens with zero attached hydrogens (tertiary/aromatic N) is 1. The molecule has 0 fully saturated rings. The van der Waals surface area contributed by atoms with Gasteiger partial charge in [0.1, 0.15) is 11.2 Å². The third-order valence-electron chi connectivity index (χ3n) is 6.39. The van der Waals surface area contributed by atoms with Crippen LogP contribution < -0.4 is 0 Å². The molecule has 0 atom stereocenters. The van der Waals surface area contributed by atoms with E-state index in [1.807, 2.05) is 0 Å². The number of hydrogen-bond acceptors (Lipinski definition) is 6. The van der Waals surface area contributed by atoms with Crippen molar-refractivity contribution in [1.29, 1.82) is 0 Å². The van der Waals surface area contributed by atoms with Crippen LogP contribution in [0.2, 0.25) is 0 Å². The molecule has 0 unspecified atom stereocenters. The maximum Gasteiger partial charge on any atom is 0.320 e. The fraction of sp³-hybridized carbons (Fsp3) is 0.677. The standard InChI is InChI=1S/C31H47NO6/c1-30(2,3)37-28(35)25(29(36)38-31(4,5)6)21-15-13-11-9-7-8-10-12-14-18-22-32-26(33)23-19-16-17-20-24(23)27(32)34/h16-17,19-20,25H,7-15,18,21-22H2,1-6H3. The third kappa shape index (κ3) is 10.6. The zero-order valence-electron chi connectivity index (χ0n) is 24.3. The number of imide groups is 1. The van der Waals surface area contributed by atoms with E-state index in [9.17, 15) is 19.2 Å². The van der Waals surface area contributed by atoms with Gasteiger partial charge in [-0.1, -0.05) is 69.9 Å². The Hall–Kier alpha value is -2.70. The number of ether oxygens (including phenoxy) is 2. The fourth-order valence-corrected chi connectivity index (χ4v) is 4.55. The quantitative estimate of drug-likeness (QED) is 0.107. The van der Waals surface area contributed by atoms with Crippen molar-refractivity contribution in [3.05, 3.63) is 35.4 Å². The van der Waals surface area contributed by atoms with Crippen molar-refractivity contribution in [3.8, 4) is 0 Å². The highest BCUT2D eigenvalue weighted by atomic mass is 16.6. The van der Waals surface area contributed by atoms with Crippen molar-refractivity contribution >= 4 is 23.8 Å². The fourth-order valence-electron chi connectivity index (χ4n) is 4.55. The van der Waals surface area contributed by atoms with E-state index in [1.54, 1.807) is 65.8 Å². The van der Waals surface area contributed by atoms with Gasteiger partial charge in [-0.05, 0) is 66.5 Å². The molecule has 0 saturated carbocycles. The minimum absolute atomic E-state index is 0.172. The highest BCUT2D eigenvalue weighted by Crippen LogP contribution is 2.24. The highest BCUT2D eigenvalue weighted by Gasteiger charge is 2.35. The van der Waals surface area contributed by atoms with Crippen LogP contribution in [0.3, 0.4) is 0 Å². The second-order valence-electron chi connectivity index (χ2n) is 12.3. The predicted molar refractivity (Wildman–Crippen MR) is 148 cm³/mol. The molecular weight excluding hydrogens is 482 g/mol. The van der Waals surface area contributed by atoms with Gasteiger partial charge in [-0.15, -0.1) is 0 Å². The molecule has 1 aliphatic rings. The number of rotatable bonds is 15. The number of hydrogen-bond donors (Lipinski definition) is 0. The zero-order valence-corrected chi connectivity index (χ0v) is 24.3. The number of unbranched alkanes of at least 4 members (excludes halogenated alkanes) is 9. The second-order valence-corrected chi connectivity index (χ2v) is 12.3. The van der Waals surface area contributed by atoms with E-state index in [-0.39, 0.29) is 11.8 Å². The smallest absolute Gasteiger partial charge is 0.320 e. The molecule has 0 spiro atoms. The topological polar surface area (TPSA) is 90.0 Å². The van der Waals surface area contributed by atoms with Crippen LogP contribution in [0, 0.1) is 5.92 Å². The zero-order chi connectivity index (χ0) is 28.3. The highest BCUT2D eigenvalue weighted by molar-refractivity contribution is 6.21. The van der Waals surface area contributed by atoms with Gasteiger partial charge >= 0.3 is 11.9 Å². The molecule has 0 bridgehead atoms. The Labute approximate surface area is 228 Å². The van der Waals surface area contributed by atoms with Crippen molar-refractivity contribution in [1.82, 2.24) is 4.90 Å². The molecule has 0 radical (unpaired) electrons. The summed E-state index contributed by atoms with van der Waals surface area (Å²) in [7, 11) is 0. The summed E-state index contributed by atoms with van der Waals surface area (Å²) in [5, 5.41) is 0. The lowest BCUT2D eigenvalue weighted by Crippen LogP contribution is -2.36. The Kier molecular flexibility index (Phi) is 12.0. The Bertz CT molecular complexity index is 893. The van der Waals surface area contributed by atoms with Gasteiger partial charge < -0.3 is 9.47 Å². The lowest BCUT2D eigenvalue weighted by Gasteiger charge is -2.26. The van der Waals surface area contributed by atoms with E-state index in [2.05, 4.69) is 0 Å². The Morgan fingerprint density at radius 3 is 1.42 bits per heavy atom. The lowest BCUT2D eigenvalue weighted by atomic mass is 9.99. The summed E-state index contributed by atoms with van der Waals surface area (Å²) in [6.07, 6.45) is 10.8. The minimum atomic E-state index is -0.881. The van der Waals surface area contributed by atoms with Crippen LogP contribution in [0.1, 0.15) is 133 Å². The Morgan fingerprint density at radius 1 is 0.658 bits per heavy atom. The molecule has 0 saturated heterocycles. The van der Waals surface area contributed by atoms with E-state index in [0.717, 1.165) is 64.2 Å². The van der Waals surface area contributed by atoms with Crippen molar-refractivity contribution in [3.63, 3.8) is 0 Å². The SMILES string of the molecule is CC(C)(C)OC(=O)C(CCCCCCCCCCCCN1C(=O)c2ccccc2C1=O)C(=O)OC(C)(C)C. The van der Waals surface area contributed by atoms with Crippen LogP contribution in [-0.2, 0) is 19.1 Å². The van der Waals surface area contributed by atoms with Crippen LogP contribution in [-0.4, -0.2) is 46.4 Å². The number of fused-ring (bicyclic) bond motifs is 1. The summed E-state index contributed by atoms with van der Waals surface area (Å²) in [6.45, 7) is 11.3. The number of esters is 2. The summed E-state index contributed by atoms with van der Waals surface area (Å²) in [5.41, 5.74) is -0.260. The van der Waals surface area contributed by atoms with Gasteiger partial charge in [0.05, 0.1) is 11.1 Å². The molecule has 1 aromatic rings. The van der Waals surface area contributed by atoms with Crippen LogP contribution in [0.5, 0.6) is 0 Å². The first-order valence-corrected chi connectivity index (χ1v) is 14.2. The molecule has 2 rings (SSSR count). The largest absolute Gasteiger partial charge is 0.459 e. The second kappa shape index (κ2) is 14.5. The number of carbonyl (C=O) groups is 4. The van der Waals surface area contributed by atoms with Gasteiger partial charge in [-0.2, -0.15) is 0 Å². The molecule has 2 amide bonds. The van der Waals surface area contributed by atoms with Gasteiger partial charge in [0.15, 0.2) is 5.92 Å². The van der Waals surface area contributed by atoms with Crippen LogP contribution in [0.15, 0.2) is 24.3 Å². The maximum absolute atomic E-state index is 12.6. The van der Waals surface area contributed by atoms with Crippen LogP contribution in [0.4, 0.5) is 0 Å². The summed E-state index contributed by atoms with van der Waals surface area (Å²) in [6, 6.07) is 7.02. The summed E-state index contributed by atoms with van der Waals surface area (Å²) in [4.78, 5) is 51.4. The molecule has 1 heterocycles. The van der Waals surface area contributed by atoms with Crippen molar-refractivity contribution < 1.29 is 28.7 Å². The first-order chi connectivity index (χ1) is 17.8. The average molecular weight is 530 g/mol. The number of benzene rings is 1. The van der Waals surface area contributed by atoms with E-state index in [0.29, 0.717) is 24.1 Å². The predicted octanol–water partition coefficient (Wildman–Crippen LogP) is 6.87. The van der Waals surface area contributed by atoms with Gasteiger partial charge in [0, 0.05) is 6.54 Å². The van der Waals surface area contributed by atoms with Gasteiger partial charge in [-0.25, -0.2) is 0 Å². The van der Waals surface area contributed by atoms with Crippen molar-refractivity contribution in [2.45, 2.75) is 123 Å². The van der Waals surface area contributed by atoms with Crippen LogP contribution >= 0.6 is 0 Å². The van der Waals surface area contributed by atoms with Gasteiger partial charge in [-0.3, -0.25) is 24.1 Å². The third-order valence-corrected chi connectivity index (χ3v) is 6.39. The van der Waals surface area contributed by atoms with Gasteiger partial charge in [0.2, 0.25) is 0 Å². The summed E-state index contributed by atoms with van der Waals surface area (Å²) < 4.78 is 10.9. The number of carbonyl (C=O) groups excluding carboxylic acids is 4. The normalized spacial score (nSPS) is 13.7. The average Bonchev–Trinajstić information content (AvgIpc) is 3.04. The first kappa shape index (κ1) is 31.5.